The van der Waals surface area contributed by atoms with Gasteiger partial charge in [-0.15, -0.1) is 0 Å². The number of benzene rings is 3. The third-order valence-corrected chi connectivity index (χ3v) is 5.93. The fraction of sp³-hybridized carbons (Fsp3) is 0.200. The van der Waals surface area contributed by atoms with E-state index in [1.807, 2.05) is 6.92 Å². The van der Waals surface area contributed by atoms with Gasteiger partial charge in [0.15, 0.2) is 0 Å². The van der Waals surface area contributed by atoms with Crippen LogP contribution >= 0.6 is 0 Å². The first-order valence-corrected chi connectivity index (χ1v) is 10.5. The molecule has 1 aliphatic heterocycles. The lowest BCUT2D eigenvalue weighted by Crippen LogP contribution is -2.46. The highest BCUT2D eigenvalue weighted by atomic mass is 19.1. The summed E-state index contributed by atoms with van der Waals surface area (Å²) < 4.78 is 54.2. The molecule has 5 nitrogen and oxygen atoms in total. The molecule has 1 N–H and O–H groups in total. The first kappa shape index (κ1) is 23.3. The highest BCUT2D eigenvalue weighted by Gasteiger charge is 2.33. The fourth-order valence-electron chi connectivity index (χ4n) is 3.88. The smallest absolute Gasteiger partial charge is 0.325 e. The number of nitrogens with zero attached hydrogens (tertiary/aromatic N) is 2. The molecule has 3 aromatic rings. The number of rotatable bonds is 5. The maximum Gasteiger partial charge on any atom is 0.325 e. The van der Waals surface area contributed by atoms with Gasteiger partial charge < -0.3 is 10.2 Å². The predicted octanol–water partition coefficient (Wildman–Crippen LogP) is 5.31. The van der Waals surface area contributed by atoms with Crippen molar-refractivity contribution >= 4 is 17.6 Å². The Kier molecular flexibility index (Phi) is 6.28. The maximum atomic E-state index is 13.9. The van der Waals surface area contributed by atoms with Gasteiger partial charge in [0, 0.05) is 36.9 Å². The Bertz CT molecular complexity index is 1240. The van der Waals surface area contributed by atoms with Crippen LogP contribution in [0.1, 0.15) is 40.0 Å². The van der Waals surface area contributed by atoms with Gasteiger partial charge in [-0.2, -0.15) is 0 Å². The zero-order valence-electron chi connectivity index (χ0n) is 18.4. The maximum absolute atomic E-state index is 13.9. The van der Waals surface area contributed by atoms with Gasteiger partial charge >= 0.3 is 6.03 Å². The zero-order valence-corrected chi connectivity index (χ0v) is 18.4. The summed E-state index contributed by atoms with van der Waals surface area (Å²) in [6.07, 6.45) is 0. The highest BCUT2D eigenvalue weighted by molar-refractivity contribution is 5.99. The molecule has 4 rings (SSSR count). The summed E-state index contributed by atoms with van der Waals surface area (Å²) >= 11 is 0. The van der Waals surface area contributed by atoms with Gasteiger partial charge in [-0.05, 0) is 42.3 Å². The molecule has 9 heteroatoms. The number of urea groups is 1. The standard InChI is InChI=1S/C25H21F4N3O2/c1-14-19-8-5-16(24(33)30-12-20-21(28)10-18(27)11-22(20)29)9-23(19)32(25(34)31(14)2)13-15-3-6-17(26)7-4-15/h3-11,14H,12-13H2,1-2H3,(H,30,33). The Labute approximate surface area is 193 Å². The van der Waals surface area contributed by atoms with E-state index in [9.17, 15) is 27.2 Å². The van der Waals surface area contributed by atoms with Gasteiger partial charge in [0.25, 0.3) is 5.91 Å². The first-order valence-electron chi connectivity index (χ1n) is 10.5. The van der Waals surface area contributed by atoms with Crippen LogP contribution < -0.4 is 10.2 Å². The third kappa shape index (κ3) is 4.46. The van der Waals surface area contributed by atoms with Gasteiger partial charge in [0.1, 0.15) is 23.3 Å². The van der Waals surface area contributed by atoms with Crippen molar-refractivity contribution in [2.45, 2.75) is 26.1 Å². The lowest BCUT2D eigenvalue weighted by molar-refractivity contribution is 0.0950. The van der Waals surface area contributed by atoms with Crippen LogP contribution in [0.15, 0.2) is 54.6 Å². The molecule has 0 aromatic heterocycles. The van der Waals surface area contributed by atoms with E-state index in [4.69, 9.17) is 0 Å². The summed E-state index contributed by atoms with van der Waals surface area (Å²) in [6.45, 7) is 1.53. The van der Waals surface area contributed by atoms with Crippen molar-refractivity contribution in [3.05, 3.63) is 100 Å². The van der Waals surface area contributed by atoms with E-state index in [-0.39, 0.29) is 24.2 Å². The number of fused-ring (bicyclic) bond motifs is 1. The van der Waals surface area contributed by atoms with Crippen LogP contribution in [0, 0.1) is 23.3 Å². The molecule has 0 spiro atoms. The van der Waals surface area contributed by atoms with Crippen molar-refractivity contribution in [3.63, 3.8) is 0 Å². The first-order chi connectivity index (χ1) is 16.2. The van der Waals surface area contributed by atoms with Gasteiger partial charge in [0.2, 0.25) is 0 Å². The number of hydrogen-bond donors (Lipinski definition) is 1. The average Bonchev–Trinajstić information content (AvgIpc) is 2.80. The number of carbonyl (C=O) groups is 2. The van der Waals surface area contributed by atoms with Crippen LogP contribution in [0.25, 0.3) is 0 Å². The largest absolute Gasteiger partial charge is 0.348 e. The summed E-state index contributed by atoms with van der Waals surface area (Å²) in [4.78, 5) is 28.8. The third-order valence-electron chi connectivity index (χ3n) is 5.93. The Hall–Kier alpha value is -3.88. The molecule has 176 valence electrons. The number of hydrogen-bond acceptors (Lipinski definition) is 2. The van der Waals surface area contributed by atoms with E-state index >= 15 is 0 Å². The van der Waals surface area contributed by atoms with Crippen LogP contribution in [0.5, 0.6) is 0 Å². The number of amides is 3. The molecule has 0 aliphatic carbocycles. The number of halogens is 4. The van der Waals surface area contributed by atoms with Gasteiger partial charge in [-0.3, -0.25) is 9.69 Å². The minimum atomic E-state index is -1.10. The molecular weight excluding hydrogens is 450 g/mol. The SMILES string of the molecule is CC1c2ccc(C(=O)NCc3c(F)cc(F)cc3F)cc2N(Cc2ccc(F)cc2)C(=O)N1C. The molecule has 0 saturated heterocycles. The summed E-state index contributed by atoms with van der Waals surface area (Å²) in [6, 6.07) is 11.1. The molecule has 1 unspecified atom stereocenters. The van der Waals surface area contributed by atoms with E-state index in [1.54, 1.807) is 36.2 Å². The van der Waals surface area contributed by atoms with Crippen LogP contribution in [0.2, 0.25) is 0 Å². The molecule has 1 aliphatic rings. The second kappa shape index (κ2) is 9.17. The van der Waals surface area contributed by atoms with E-state index in [0.717, 1.165) is 5.56 Å². The summed E-state index contributed by atoms with van der Waals surface area (Å²) in [7, 11) is 1.67. The molecule has 1 atom stereocenters. The van der Waals surface area contributed by atoms with Crippen LogP contribution in [0.3, 0.4) is 0 Å². The van der Waals surface area contributed by atoms with Crippen molar-refractivity contribution in [2.24, 2.45) is 0 Å². The van der Waals surface area contributed by atoms with Crippen LogP contribution in [-0.4, -0.2) is 23.9 Å². The van der Waals surface area contributed by atoms with Crippen LogP contribution in [0.4, 0.5) is 28.0 Å². The average molecular weight is 471 g/mol. The molecule has 0 saturated carbocycles. The predicted molar refractivity (Wildman–Crippen MR) is 118 cm³/mol. The van der Waals surface area contributed by atoms with Gasteiger partial charge in [0.05, 0.1) is 18.3 Å². The Morgan fingerprint density at radius 1 is 0.941 bits per heavy atom. The summed E-state index contributed by atoms with van der Waals surface area (Å²) in [5.41, 5.74) is 1.72. The number of carbonyl (C=O) groups excluding carboxylic acids is 2. The molecular formula is C25H21F4N3O2. The zero-order chi connectivity index (χ0) is 24.6. The lowest BCUT2D eigenvalue weighted by atomic mass is 9.98. The molecule has 0 fully saturated rings. The van der Waals surface area contributed by atoms with E-state index in [1.165, 1.54) is 23.1 Å². The van der Waals surface area contributed by atoms with E-state index in [2.05, 4.69) is 5.32 Å². The van der Waals surface area contributed by atoms with Gasteiger partial charge in [-0.25, -0.2) is 22.4 Å². The van der Waals surface area contributed by atoms with Crippen molar-refractivity contribution in [1.82, 2.24) is 10.2 Å². The summed E-state index contributed by atoms with van der Waals surface area (Å²) in [5, 5.41) is 2.43. The van der Waals surface area contributed by atoms with Crippen molar-refractivity contribution in [3.8, 4) is 0 Å². The summed E-state index contributed by atoms with van der Waals surface area (Å²) in [5.74, 6) is -4.27. The molecule has 34 heavy (non-hydrogen) atoms. The van der Waals surface area contributed by atoms with E-state index < -0.39 is 41.3 Å². The van der Waals surface area contributed by atoms with Crippen molar-refractivity contribution in [1.29, 1.82) is 0 Å². The quantitative estimate of drug-likeness (QED) is 0.513. The van der Waals surface area contributed by atoms with Gasteiger partial charge in [-0.1, -0.05) is 18.2 Å². The second-order valence-corrected chi connectivity index (χ2v) is 8.09. The lowest BCUT2D eigenvalue weighted by Gasteiger charge is -2.39. The van der Waals surface area contributed by atoms with Crippen LogP contribution in [-0.2, 0) is 13.1 Å². The van der Waals surface area contributed by atoms with Crippen molar-refractivity contribution in [2.75, 3.05) is 11.9 Å². The second-order valence-electron chi connectivity index (χ2n) is 8.09. The monoisotopic (exact) mass is 471 g/mol. The Balaban J connectivity index is 1.61. The molecule has 3 amide bonds. The van der Waals surface area contributed by atoms with Crippen molar-refractivity contribution < 1.29 is 27.2 Å². The Morgan fingerprint density at radius 2 is 1.59 bits per heavy atom. The normalized spacial score (nSPS) is 15.4. The molecule has 0 radical (unpaired) electrons. The molecule has 3 aromatic carbocycles. The highest BCUT2D eigenvalue weighted by Crippen LogP contribution is 2.37. The molecule has 1 heterocycles. The Morgan fingerprint density at radius 3 is 2.24 bits per heavy atom. The minimum Gasteiger partial charge on any atom is -0.348 e. The minimum absolute atomic E-state index is 0.153. The fourth-order valence-corrected chi connectivity index (χ4v) is 3.88. The number of anilines is 1. The van der Waals surface area contributed by atoms with E-state index in [0.29, 0.717) is 23.4 Å². The topological polar surface area (TPSA) is 52.7 Å². The number of nitrogens with one attached hydrogen (secondary N) is 1. The molecule has 0 bridgehead atoms.